The number of carbonyl (C=O) groups is 1. The fourth-order valence-corrected chi connectivity index (χ4v) is 4.45. The highest BCUT2D eigenvalue weighted by Gasteiger charge is 2.34. The van der Waals surface area contributed by atoms with Gasteiger partial charge < -0.3 is 5.32 Å². The molecule has 0 spiro atoms. The van der Waals surface area contributed by atoms with Crippen LogP contribution in [0.2, 0.25) is 5.02 Å². The number of hydrogen-bond donors (Lipinski definition) is 1. The minimum absolute atomic E-state index is 0.0554. The number of nitrogens with zero attached hydrogens (tertiary/aromatic N) is 4. The molecule has 0 radical (unpaired) electrons. The molecule has 0 bridgehead atoms. The molecular weight excluding hydrogens is 483 g/mol. The molecule has 1 aromatic carbocycles. The van der Waals surface area contributed by atoms with Gasteiger partial charge in [0.15, 0.2) is 0 Å². The zero-order chi connectivity index (χ0) is 24.1. The first-order chi connectivity index (χ1) is 15.5. The standard InChI is InChI=1S/C20H17ClF3N5O3S/c1-10(2)8-27-17(31)16-14(5-6-33-16)29-18(27)26-28(19(29)32)9-15(30)25-13-4-3-11(21)7-12(13)20(22,23)24/h3-7,10H,8-9H2,1-2H3,(H,25,30). The summed E-state index contributed by atoms with van der Waals surface area (Å²) in [6.07, 6.45) is -4.75. The van der Waals surface area contributed by atoms with Crippen LogP contribution in [-0.4, -0.2) is 24.7 Å². The maximum absolute atomic E-state index is 13.3. The van der Waals surface area contributed by atoms with Crippen molar-refractivity contribution in [2.75, 3.05) is 5.32 Å². The van der Waals surface area contributed by atoms with E-state index in [-0.39, 0.29) is 22.3 Å². The predicted octanol–water partition coefficient (Wildman–Crippen LogP) is 3.84. The number of aromatic nitrogens is 4. The van der Waals surface area contributed by atoms with E-state index in [0.29, 0.717) is 22.8 Å². The molecule has 1 N–H and O–H groups in total. The first kappa shape index (κ1) is 23.1. The summed E-state index contributed by atoms with van der Waals surface area (Å²) in [5.74, 6) is -0.773. The Labute approximate surface area is 192 Å². The summed E-state index contributed by atoms with van der Waals surface area (Å²) in [7, 11) is 0. The van der Waals surface area contributed by atoms with Crippen LogP contribution >= 0.6 is 22.9 Å². The molecule has 0 aliphatic carbocycles. The Morgan fingerprint density at radius 1 is 1.24 bits per heavy atom. The van der Waals surface area contributed by atoms with Crippen LogP contribution in [0.5, 0.6) is 0 Å². The molecule has 3 heterocycles. The largest absolute Gasteiger partial charge is 0.418 e. The summed E-state index contributed by atoms with van der Waals surface area (Å²) >= 11 is 6.84. The van der Waals surface area contributed by atoms with E-state index in [0.717, 1.165) is 10.7 Å². The van der Waals surface area contributed by atoms with Crippen LogP contribution in [0.15, 0.2) is 39.2 Å². The van der Waals surface area contributed by atoms with Crippen molar-refractivity contribution in [1.29, 1.82) is 0 Å². The van der Waals surface area contributed by atoms with E-state index < -0.39 is 35.6 Å². The van der Waals surface area contributed by atoms with Crippen molar-refractivity contribution in [3.8, 4) is 0 Å². The lowest BCUT2D eigenvalue weighted by Gasteiger charge is -2.14. The first-order valence-electron chi connectivity index (χ1n) is 9.73. The molecule has 0 saturated heterocycles. The zero-order valence-corrected chi connectivity index (χ0v) is 18.9. The highest BCUT2D eigenvalue weighted by atomic mass is 35.5. The summed E-state index contributed by atoms with van der Waals surface area (Å²) in [6.45, 7) is 3.43. The smallest absolute Gasteiger partial charge is 0.324 e. The van der Waals surface area contributed by atoms with E-state index in [2.05, 4.69) is 10.4 Å². The van der Waals surface area contributed by atoms with E-state index in [1.165, 1.54) is 26.4 Å². The van der Waals surface area contributed by atoms with E-state index in [1.54, 1.807) is 11.4 Å². The van der Waals surface area contributed by atoms with Crippen molar-refractivity contribution >= 4 is 50.5 Å². The van der Waals surface area contributed by atoms with Crippen molar-refractivity contribution in [3.63, 3.8) is 0 Å². The molecule has 8 nitrogen and oxygen atoms in total. The lowest BCUT2D eigenvalue weighted by atomic mass is 10.1. The number of fused-ring (bicyclic) bond motifs is 3. The molecule has 0 fully saturated rings. The highest BCUT2D eigenvalue weighted by molar-refractivity contribution is 7.17. The number of nitrogens with one attached hydrogen (secondary N) is 1. The maximum Gasteiger partial charge on any atom is 0.418 e. The summed E-state index contributed by atoms with van der Waals surface area (Å²) in [4.78, 5) is 38.4. The second kappa shape index (κ2) is 8.34. The van der Waals surface area contributed by atoms with E-state index in [4.69, 9.17) is 11.6 Å². The Morgan fingerprint density at radius 3 is 2.64 bits per heavy atom. The van der Waals surface area contributed by atoms with Gasteiger partial charge in [-0.15, -0.1) is 16.4 Å². The molecule has 0 aliphatic rings. The summed E-state index contributed by atoms with van der Waals surface area (Å²) < 4.78 is 43.7. The average molecular weight is 500 g/mol. The third kappa shape index (κ3) is 4.27. The van der Waals surface area contributed by atoms with Gasteiger partial charge in [-0.2, -0.15) is 13.2 Å². The number of anilines is 1. The Morgan fingerprint density at radius 2 is 1.97 bits per heavy atom. The van der Waals surface area contributed by atoms with Gasteiger partial charge in [0.2, 0.25) is 11.7 Å². The van der Waals surface area contributed by atoms with Gasteiger partial charge in [-0.25, -0.2) is 13.9 Å². The Bertz CT molecular complexity index is 1500. The van der Waals surface area contributed by atoms with E-state index in [1.807, 2.05) is 13.8 Å². The van der Waals surface area contributed by atoms with Crippen LogP contribution in [0.25, 0.3) is 16.0 Å². The molecule has 13 heteroatoms. The van der Waals surface area contributed by atoms with Gasteiger partial charge in [0, 0.05) is 11.6 Å². The van der Waals surface area contributed by atoms with Crippen molar-refractivity contribution in [2.24, 2.45) is 5.92 Å². The van der Waals surface area contributed by atoms with Crippen molar-refractivity contribution < 1.29 is 18.0 Å². The van der Waals surface area contributed by atoms with Crippen LogP contribution < -0.4 is 16.6 Å². The quantitative estimate of drug-likeness (QED) is 0.452. The highest BCUT2D eigenvalue weighted by Crippen LogP contribution is 2.36. The molecule has 0 unspecified atom stereocenters. The number of hydrogen-bond acceptors (Lipinski definition) is 5. The van der Waals surface area contributed by atoms with Crippen molar-refractivity contribution in [3.05, 3.63) is 61.1 Å². The minimum Gasteiger partial charge on any atom is -0.324 e. The molecule has 4 aromatic rings. The number of rotatable bonds is 5. The lowest BCUT2D eigenvalue weighted by Crippen LogP contribution is -2.29. The number of benzene rings is 1. The third-order valence-corrected chi connectivity index (χ3v) is 5.92. The molecule has 0 saturated carbocycles. The molecule has 174 valence electrons. The SMILES string of the molecule is CC(C)Cn1c(=O)c2sccc2n2c(=O)n(CC(=O)Nc3ccc(Cl)cc3C(F)(F)F)nc12. The Hall–Kier alpha value is -3.12. The monoisotopic (exact) mass is 499 g/mol. The predicted molar refractivity (Wildman–Crippen MR) is 119 cm³/mol. The van der Waals surface area contributed by atoms with Gasteiger partial charge >= 0.3 is 11.9 Å². The average Bonchev–Trinajstić information content (AvgIpc) is 3.31. The molecule has 0 aliphatic heterocycles. The lowest BCUT2D eigenvalue weighted by molar-refractivity contribution is -0.137. The van der Waals surface area contributed by atoms with Gasteiger partial charge in [0.25, 0.3) is 5.56 Å². The number of thiophene rings is 1. The summed E-state index contributed by atoms with van der Waals surface area (Å²) in [5, 5.41) is 7.84. The van der Waals surface area contributed by atoms with Crippen LogP contribution in [0, 0.1) is 5.92 Å². The number of alkyl halides is 3. The van der Waals surface area contributed by atoms with Gasteiger partial charge in [-0.05, 0) is 35.6 Å². The molecule has 1 amide bonds. The number of halogens is 4. The van der Waals surface area contributed by atoms with Gasteiger partial charge in [0.05, 0.1) is 16.8 Å². The summed E-state index contributed by atoms with van der Waals surface area (Å²) in [5.41, 5.74) is -2.25. The Kier molecular flexibility index (Phi) is 5.83. The molecule has 3 aromatic heterocycles. The van der Waals surface area contributed by atoms with Crippen LogP contribution in [0.3, 0.4) is 0 Å². The number of amides is 1. The van der Waals surface area contributed by atoms with E-state index >= 15 is 0 Å². The second-order valence-corrected chi connectivity index (χ2v) is 9.11. The van der Waals surface area contributed by atoms with Crippen LogP contribution in [-0.2, 0) is 24.1 Å². The fourth-order valence-electron chi connectivity index (χ4n) is 3.45. The molecule has 0 atom stereocenters. The van der Waals surface area contributed by atoms with Crippen LogP contribution in [0.4, 0.5) is 18.9 Å². The van der Waals surface area contributed by atoms with Gasteiger partial charge in [0.1, 0.15) is 11.2 Å². The third-order valence-electron chi connectivity index (χ3n) is 4.79. The van der Waals surface area contributed by atoms with Crippen molar-refractivity contribution in [1.82, 2.24) is 18.7 Å². The minimum atomic E-state index is -4.75. The first-order valence-corrected chi connectivity index (χ1v) is 11.0. The zero-order valence-electron chi connectivity index (χ0n) is 17.3. The van der Waals surface area contributed by atoms with Gasteiger partial charge in [-0.1, -0.05) is 25.4 Å². The molecule has 4 rings (SSSR count). The number of carbonyl (C=O) groups excluding carboxylic acids is 1. The van der Waals surface area contributed by atoms with Gasteiger partial charge in [-0.3, -0.25) is 14.2 Å². The molecular formula is C20H17ClF3N5O3S. The Balaban J connectivity index is 1.75. The summed E-state index contributed by atoms with van der Waals surface area (Å²) in [6, 6.07) is 4.54. The van der Waals surface area contributed by atoms with Crippen molar-refractivity contribution in [2.45, 2.75) is 33.1 Å². The van der Waals surface area contributed by atoms with Crippen LogP contribution in [0.1, 0.15) is 19.4 Å². The normalized spacial score (nSPS) is 12.2. The topological polar surface area (TPSA) is 90.4 Å². The van der Waals surface area contributed by atoms with E-state index in [9.17, 15) is 27.6 Å². The fraction of sp³-hybridized carbons (Fsp3) is 0.300. The second-order valence-electron chi connectivity index (χ2n) is 7.76. The maximum atomic E-state index is 13.3. The molecule has 33 heavy (non-hydrogen) atoms.